The molecule has 0 aliphatic heterocycles. The highest BCUT2D eigenvalue weighted by atomic mass is 19.4. The van der Waals surface area contributed by atoms with Gasteiger partial charge in [-0.25, -0.2) is 0 Å². The van der Waals surface area contributed by atoms with E-state index in [-0.39, 0.29) is 17.9 Å². The molecule has 0 radical (unpaired) electrons. The lowest BCUT2D eigenvalue weighted by atomic mass is 9.66. The number of carboxylic acid groups (broad SMARTS) is 1. The molecule has 1 amide bonds. The molecular formula is C15H16F3NO4. The Morgan fingerprint density at radius 2 is 2.00 bits per heavy atom. The number of carbonyl (C=O) groups is 2. The fourth-order valence-corrected chi connectivity index (χ4v) is 2.41. The van der Waals surface area contributed by atoms with E-state index in [1.54, 1.807) is 0 Å². The first-order valence-electron chi connectivity index (χ1n) is 7.03. The molecule has 2 rings (SSSR count). The fourth-order valence-electron chi connectivity index (χ4n) is 2.41. The number of rotatable bonds is 6. The highest BCUT2D eigenvalue weighted by Crippen LogP contribution is 2.44. The third-order valence-corrected chi connectivity index (χ3v) is 3.78. The van der Waals surface area contributed by atoms with Gasteiger partial charge in [0.05, 0.1) is 5.41 Å². The minimum atomic E-state index is -4.45. The van der Waals surface area contributed by atoms with E-state index in [0.29, 0.717) is 12.8 Å². The van der Waals surface area contributed by atoms with E-state index < -0.39 is 30.1 Å². The normalized spacial score (nSPS) is 16.3. The molecular weight excluding hydrogens is 315 g/mol. The van der Waals surface area contributed by atoms with Crippen LogP contribution in [0.3, 0.4) is 0 Å². The van der Waals surface area contributed by atoms with Gasteiger partial charge in [-0.2, -0.15) is 13.2 Å². The van der Waals surface area contributed by atoms with E-state index in [4.69, 9.17) is 0 Å². The highest BCUT2D eigenvalue weighted by molar-refractivity contribution is 5.94. The van der Waals surface area contributed by atoms with Crippen molar-refractivity contribution in [2.75, 3.05) is 11.9 Å². The fraction of sp³-hybridized carbons (Fsp3) is 0.467. The van der Waals surface area contributed by atoms with Crippen molar-refractivity contribution in [2.45, 2.75) is 31.9 Å². The van der Waals surface area contributed by atoms with Crippen LogP contribution < -0.4 is 10.1 Å². The van der Waals surface area contributed by atoms with Crippen LogP contribution in [0.5, 0.6) is 5.75 Å². The van der Waals surface area contributed by atoms with Gasteiger partial charge >= 0.3 is 12.1 Å². The van der Waals surface area contributed by atoms with Crippen molar-refractivity contribution in [3.8, 4) is 5.75 Å². The maximum atomic E-state index is 12.1. The number of hydrogen-bond acceptors (Lipinski definition) is 3. The van der Waals surface area contributed by atoms with Gasteiger partial charge in [0.15, 0.2) is 6.61 Å². The van der Waals surface area contributed by atoms with Crippen LogP contribution in [0.15, 0.2) is 24.3 Å². The van der Waals surface area contributed by atoms with Gasteiger partial charge < -0.3 is 15.2 Å². The monoisotopic (exact) mass is 331 g/mol. The molecule has 2 N–H and O–H groups in total. The Morgan fingerprint density at radius 1 is 1.30 bits per heavy atom. The third-order valence-electron chi connectivity index (χ3n) is 3.78. The molecule has 23 heavy (non-hydrogen) atoms. The van der Waals surface area contributed by atoms with Crippen LogP contribution in [-0.2, 0) is 9.59 Å². The number of carbonyl (C=O) groups excluding carboxylic acids is 1. The maximum Gasteiger partial charge on any atom is 0.422 e. The first-order valence-corrected chi connectivity index (χ1v) is 7.03. The summed E-state index contributed by atoms with van der Waals surface area (Å²) < 4.78 is 40.9. The van der Waals surface area contributed by atoms with Crippen LogP contribution in [-0.4, -0.2) is 29.8 Å². The second-order valence-corrected chi connectivity index (χ2v) is 5.60. The molecule has 5 nitrogen and oxygen atoms in total. The lowest BCUT2D eigenvalue weighted by Gasteiger charge is -2.36. The Kier molecular flexibility index (Phi) is 4.82. The predicted molar refractivity (Wildman–Crippen MR) is 75.2 cm³/mol. The lowest BCUT2D eigenvalue weighted by molar-refractivity contribution is -0.157. The molecule has 0 saturated heterocycles. The Labute approximate surface area is 130 Å². The molecule has 0 unspecified atom stereocenters. The van der Waals surface area contributed by atoms with Gasteiger partial charge in [-0.3, -0.25) is 9.59 Å². The number of ether oxygens (including phenoxy) is 1. The maximum absolute atomic E-state index is 12.1. The Balaban J connectivity index is 1.94. The van der Waals surface area contributed by atoms with Gasteiger partial charge in [0.2, 0.25) is 5.91 Å². The second kappa shape index (κ2) is 6.47. The minimum Gasteiger partial charge on any atom is -0.484 e. The quantitative estimate of drug-likeness (QED) is 0.839. The highest BCUT2D eigenvalue weighted by Gasteiger charge is 2.45. The number of nitrogens with one attached hydrogen (secondary N) is 1. The summed E-state index contributed by atoms with van der Waals surface area (Å²) in [6, 6.07) is 5.54. The molecule has 1 saturated carbocycles. The van der Waals surface area contributed by atoms with Gasteiger partial charge in [0.25, 0.3) is 0 Å². The van der Waals surface area contributed by atoms with Crippen LogP contribution >= 0.6 is 0 Å². The number of carboxylic acids is 1. The van der Waals surface area contributed by atoms with E-state index in [1.165, 1.54) is 24.3 Å². The molecule has 1 fully saturated rings. The zero-order chi connectivity index (χ0) is 17.1. The first kappa shape index (κ1) is 17.1. The van der Waals surface area contributed by atoms with Gasteiger partial charge in [0, 0.05) is 18.2 Å². The summed E-state index contributed by atoms with van der Waals surface area (Å²) in [7, 11) is 0. The van der Waals surface area contributed by atoms with Crippen molar-refractivity contribution in [3.05, 3.63) is 24.3 Å². The molecule has 0 atom stereocenters. The number of aliphatic carboxylic acids is 1. The number of alkyl halides is 3. The van der Waals surface area contributed by atoms with E-state index in [9.17, 15) is 27.9 Å². The predicted octanol–water partition coefficient (Wildman–Crippen LogP) is 3.21. The van der Waals surface area contributed by atoms with E-state index >= 15 is 0 Å². The largest absolute Gasteiger partial charge is 0.484 e. The first-order chi connectivity index (χ1) is 10.7. The van der Waals surface area contributed by atoms with Crippen LogP contribution in [0.1, 0.15) is 25.7 Å². The number of benzene rings is 1. The smallest absolute Gasteiger partial charge is 0.422 e. The summed E-state index contributed by atoms with van der Waals surface area (Å²) in [6.45, 7) is -1.42. The van der Waals surface area contributed by atoms with Gasteiger partial charge in [-0.1, -0.05) is 12.5 Å². The molecule has 8 heteroatoms. The summed E-state index contributed by atoms with van der Waals surface area (Å²) in [5, 5.41) is 11.7. The summed E-state index contributed by atoms with van der Waals surface area (Å²) >= 11 is 0. The van der Waals surface area contributed by atoms with Gasteiger partial charge in [-0.15, -0.1) is 0 Å². The van der Waals surface area contributed by atoms with Crippen LogP contribution in [0.4, 0.5) is 18.9 Å². The van der Waals surface area contributed by atoms with E-state index in [1.807, 2.05) is 0 Å². The topological polar surface area (TPSA) is 75.6 Å². The summed E-state index contributed by atoms with van der Waals surface area (Å²) in [5.74, 6) is -1.52. The summed E-state index contributed by atoms with van der Waals surface area (Å²) in [4.78, 5) is 23.2. The van der Waals surface area contributed by atoms with Crippen molar-refractivity contribution in [1.29, 1.82) is 0 Å². The van der Waals surface area contributed by atoms with Crippen molar-refractivity contribution < 1.29 is 32.6 Å². The van der Waals surface area contributed by atoms with Crippen LogP contribution in [0.25, 0.3) is 0 Å². The number of amides is 1. The zero-order valence-corrected chi connectivity index (χ0v) is 12.2. The van der Waals surface area contributed by atoms with Crippen molar-refractivity contribution in [2.24, 2.45) is 5.41 Å². The average molecular weight is 331 g/mol. The SMILES string of the molecule is O=C(CC1(C(=O)O)CCC1)Nc1cccc(OCC(F)(F)F)c1. The molecule has 0 bridgehead atoms. The van der Waals surface area contributed by atoms with Crippen molar-refractivity contribution in [1.82, 2.24) is 0 Å². The van der Waals surface area contributed by atoms with Crippen molar-refractivity contribution >= 4 is 17.6 Å². The Hall–Kier alpha value is -2.25. The molecule has 0 spiro atoms. The second-order valence-electron chi connectivity index (χ2n) is 5.60. The van der Waals surface area contributed by atoms with Crippen LogP contribution in [0.2, 0.25) is 0 Å². The molecule has 1 aliphatic rings. The zero-order valence-electron chi connectivity index (χ0n) is 12.2. The third kappa shape index (κ3) is 4.61. The number of hydrogen-bond donors (Lipinski definition) is 2. The molecule has 0 heterocycles. The van der Waals surface area contributed by atoms with Crippen LogP contribution in [0, 0.1) is 5.41 Å². The Morgan fingerprint density at radius 3 is 2.52 bits per heavy atom. The molecule has 1 aromatic carbocycles. The van der Waals surface area contributed by atoms with Gasteiger partial charge in [0.1, 0.15) is 5.75 Å². The lowest BCUT2D eigenvalue weighted by Crippen LogP contribution is -2.41. The molecule has 126 valence electrons. The summed E-state index contributed by atoms with van der Waals surface area (Å²) in [6.07, 6.45) is -2.94. The molecule has 0 aromatic heterocycles. The van der Waals surface area contributed by atoms with E-state index in [2.05, 4.69) is 10.1 Å². The minimum absolute atomic E-state index is 0.0308. The Bertz CT molecular complexity index is 597. The average Bonchev–Trinajstić information content (AvgIpc) is 2.40. The van der Waals surface area contributed by atoms with Gasteiger partial charge in [-0.05, 0) is 25.0 Å². The number of anilines is 1. The standard InChI is InChI=1S/C15H16F3NO4/c16-15(17,18)9-23-11-4-1-3-10(7-11)19-12(20)8-14(13(21)22)5-2-6-14/h1,3-4,7H,2,5-6,8-9H2,(H,19,20)(H,21,22). The van der Waals surface area contributed by atoms with E-state index in [0.717, 1.165) is 6.42 Å². The number of halogens is 3. The molecule has 1 aromatic rings. The molecule has 1 aliphatic carbocycles. The van der Waals surface area contributed by atoms with Crippen molar-refractivity contribution in [3.63, 3.8) is 0 Å². The summed E-state index contributed by atoms with van der Waals surface area (Å²) in [5.41, 5.74) is -0.761.